The van der Waals surface area contributed by atoms with Gasteiger partial charge in [-0.1, -0.05) is 18.2 Å². The quantitative estimate of drug-likeness (QED) is 0.563. The molecule has 0 fully saturated rings. The maximum absolute atomic E-state index is 12.4. The Bertz CT molecular complexity index is 838. The Labute approximate surface area is 164 Å². The van der Waals surface area contributed by atoms with E-state index in [1.165, 1.54) is 26.0 Å². The molecule has 2 amide bonds. The van der Waals surface area contributed by atoms with E-state index in [-0.39, 0.29) is 30.6 Å². The molecule has 7 heteroatoms. The van der Waals surface area contributed by atoms with Gasteiger partial charge in [0, 0.05) is 25.2 Å². The van der Waals surface area contributed by atoms with Gasteiger partial charge in [-0.3, -0.25) is 9.59 Å². The van der Waals surface area contributed by atoms with Crippen molar-refractivity contribution >= 4 is 29.2 Å². The summed E-state index contributed by atoms with van der Waals surface area (Å²) in [5.74, 6) is -0.384. The minimum absolute atomic E-state index is 0.0619. The lowest BCUT2D eigenvalue weighted by Crippen LogP contribution is -2.15. The Morgan fingerprint density at radius 2 is 1.39 bits per heavy atom. The van der Waals surface area contributed by atoms with E-state index < -0.39 is 5.97 Å². The highest BCUT2D eigenvalue weighted by Crippen LogP contribution is 2.22. The zero-order valence-corrected chi connectivity index (χ0v) is 16.4. The third kappa shape index (κ3) is 6.12. The number of rotatable bonds is 7. The Hall–Kier alpha value is -3.35. The maximum Gasteiger partial charge on any atom is 0.338 e. The van der Waals surface area contributed by atoms with Crippen molar-refractivity contribution in [3.63, 3.8) is 0 Å². The van der Waals surface area contributed by atoms with Gasteiger partial charge in [-0.25, -0.2) is 4.79 Å². The van der Waals surface area contributed by atoms with Gasteiger partial charge in [0.2, 0.25) is 11.8 Å². The summed E-state index contributed by atoms with van der Waals surface area (Å²) in [7, 11) is 0. The second-order valence-corrected chi connectivity index (χ2v) is 6.37. The smallest absolute Gasteiger partial charge is 0.338 e. The highest BCUT2D eigenvalue weighted by Gasteiger charge is 2.12. The molecule has 0 saturated carbocycles. The number of anilines is 2. The summed E-state index contributed by atoms with van der Waals surface area (Å²) in [6.45, 7) is 6.88. The lowest BCUT2D eigenvalue weighted by atomic mass is 10.1. The Balaban J connectivity index is 2.02. The van der Waals surface area contributed by atoms with Crippen LogP contribution in [0.3, 0.4) is 0 Å². The predicted molar refractivity (Wildman–Crippen MR) is 107 cm³/mol. The van der Waals surface area contributed by atoms with E-state index in [1.54, 1.807) is 6.07 Å². The van der Waals surface area contributed by atoms with Crippen LogP contribution < -0.4 is 15.4 Å². The third-order valence-corrected chi connectivity index (χ3v) is 3.78. The van der Waals surface area contributed by atoms with E-state index in [0.29, 0.717) is 11.4 Å². The summed E-state index contributed by atoms with van der Waals surface area (Å²) in [6.07, 6.45) is 0. The van der Waals surface area contributed by atoms with Crippen LogP contribution in [-0.4, -0.2) is 31.0 Å². The molecule has 2 rings (SSSR count). The number of aryl methyl sites for hydroxylation is 2. The van der Waals surface area contributed by atoms with E-state index in [9.17, 15) is 14.4 Å². The highest BCUT2D eigenvalue weighted by atomic mass is 16.6. The predicted octanol–water partition coefficient (Wildman–Crippen LogP) is 3.46. The molecular weight excluding hydrogens is 360 g/mol. The van der Waals surface area contributed by atoms with Crippen molar-refractivity contribution < 1.29 is 23.9 Å². The second-order valence-electron chi connectivity index (χ2n) is 6.37. The normalized spacial score (nSPS) is 10.1. The molecule has 0 aliphatic rings. The van der Waals surface area contributed by atoms with Gasteiger partial charge < -0.3 is 20.1 Å². The molecule has 0 aliphatic carbocycles. The Morgan fingerprint density at radius 3 is 1.89 bits per heavy atom. The Kier molecular flexibility index (Phi) is 7.14. The molecule has 28 heavy (non-hydrogen) atoms. The Morgan fingerprint density at radius 1 is 0.857 bits per heavy atom. The van der Waals surface area contributed by atoms with Gasteiger partial charge in [0.05, 0.1) is 5.56 Å². The first-order valence-corrected chi connectivity index (χ1v) is 8.82. The minimum Gasteiger partial charge on any atom is -0.489 e. The molecular formula is C21H24N2O5. The van der Waals surface area contributed by atoms with Crippen molar-refractivity contribution in [2.45, 2.75) is 27.7 Å². The van der Waals surface area contributed by atoms with Crippen LogP contribution in [-0.2, 0) is 14.3 Å². The van der Waals surface area contributed by atoms with Crippen molar-refractivity contribution in [3.8, 4) is 5.75 Å². The zero-order chi connectivity index (χ0) is 20.7. The van der Waals surface area contributed by atoms with E-state index in [2.05, 4.69) is 10.6 Å². The van der Waals surface area contributed by atoms with Crippen molar-refractivity contribution in [1.82, 2.24) is 0 Å². The molecule has 0 spiro atoms. The minimum atomic E-state index is -0.580. The van der Waals surface area contributed by atoms with Gasteiger partial charge >= 0.3 is 5.97 Å². The molecule has 0 heterocycles. The third-order valence-electron chi connectivity index (χ3n) is 3.78. The van der Waals surface area contributed by atoms with E-state index in [0.717, 1.165) is 16.9 Å². The van der Waals surface area contributed by atoms with Gasteiger partial charge in [-0.2, -0.15) is 0 Å². The fraction of sp³-hybridized carbons (Fsp3) is 0.286. The number of hydrogen-bond acceptors (Lipinski definition) is 5. The van der Waals surface area contributed by atoms with Gasteiger partial charge in [0.25, 0.3) is 0 Å². The molecule has 0 unspecified atom stereocenters. The number of para-hydroxylation sites is 1. The number of carbonyl (C=O) groups is 3. The first-order chi connectivity index (χ1) is 13.3. The first kappa shape index (κ1) is 21.0. The molecule has 0 aliphatic heterocycles. The highest BCUT2D eigenvalue weighted by molar-refractivity contribution is 5.97. The van der Waals surface area contributed by atoms with Crippen LogP contribution in [0.25, 0.3) is 0 Å². The number of esters is 1. The summed E-state index contributed by atoms with van der Waals surface area (Å²) < 4.78 is 11.0. The van der Waals surface area contributed by atoms with Gasteiger partial charge in [0.15, 0.2) is 0 Å². The second kappa shape index (κ2) is 9.55. The molecule has 0 radical (unpaired) electrons. The van der Waals surface area contributed by atoms with Crippen LogP contribution in [0.1, 0.15) is 35.3 Å². The van der Waals surface area contributed by atoms with Crippen molar-refractivity contribution in [2.24, 2.45) is 0 Å². The van der Waals surface area contributed by atoms with Crippen molar-refractivity contribution in [1.29, 1.82) is 0 Å². The molecule has 0 aromatic heterocycles. The van der Waals surface area contributed by atoms with Gasteiger partial charge in [-0.05, 0) is 43.2 Å². The fourth-order valence-electron chi connectivity index (χ4n) is 2.68. The summed E-state index contributed by atoms with van der Waals surface area (Å²) in [5.41, 5.74) is 3.00. The number of nitrogens with one attached hydrogen (secondary N) is 2. The van der Waals surface area contributed by atoms with Crippen LogP contribution in [0.4, 0.5) is 11.4 Å². The largest absolute Gasteiger partial charge is 0.489 e. The standard InChI is InChI=1S/C21H24N2O5/c1-13-6-5-7-14(2)20(13)27-8-9-28-21(26)17-10-18(22-15(3)24)12-19(11-17)23-16(4)25/h5-7,10-12H,8-9H2,1-4H3,(H,22,24)(H,23,25). The monoisotopic (exact) mass is 384 g/mol. The number of carbonyl (C=O) groups excluding carboxylic acids is 3. The van der Waals surface area contributed by atoms with Gasteiger partial charge in [0.1, 0.15) is 19.0 Å². The fourth-order valence-corrected chi connectivity index (χ4v) is 2.68. The van der Waals surface area contributed by atoms with Crippen LogP contribution in [0.15, 0.2) is 36.4 Å². The van der Waals surface area contributed by atoms with E-state index in [1.807, 2.05) is 32.0 Å². The SMILES string of the molecule is CC(=O)Nc1cc(NC(C)=O)cc(C(=O)OCCOc2c(C)cccc2C)c1. The number of hydrogen-bond donors (Lipinski definition) is 2. The van der Waals surface area contributed by atoms with E-state index in [4.69, 9.17) is 9.47 Å². The lowest BCUT2D eigenvalue weighted by Gasteiger charge is -2.13. The maximum atomic E-state index is 12.4. The number of benzene rings is 2. The summed E-state index contributed by atoms with van der Waals surface area (Å²) in [6, 6.07) is 10.4. The van der Waals surface area contributed by atoms with E-state index >= 15 is 0 Å². The molecule has 2 aromatic carbocycles. The molecule has 7 nitrogen and oxygen atoms in total. The summed E-state index contributed by atoms with van der Waals surface area (Å²) in [4.78, 5) is 35.0. The lowest BCUT2D eigenvalue weighted by molar-refractivity contribution is -0.115. The zero-order valence-electron chi connectivity index (χ0n) is 16.4. The summed E-state index contributed by atoms with van der Waals surface area (Å²) in [5, 5.41) is 5.18. The molecule has 0 atom stereocenters. The first-order valence-electron chi connectivity index (χ1n) is 8.82. The average Bonchev–Trinajstić information content (AvgIpc) is 2.59. The van der Waals surface area contributed by atoms with Crippen LogP contribution in [0.5, 0.6) is 5.75 Å². The van der Waals surface area contributed by atoms with Crippen LogP contribution >= 0.6 is 0 Å². The average molecular weight is 384 g/mol. The van der Waals surface area contributed by atoms with Crippen LogP contribution in [0, 0.1) is 13.8 Å². The van der Waals surface area contributed by atoms with Gasteiger partial charge in [-0.15, -0.1) is 0 Å². The van der Waals surface area contributed by atoms with Crippen molar-refractivity contribution in [3.05, 3.63) is 53.1 Å². The topological polar surface area (TPSA) is 93.7 Å². The number of amides is 2. The number of ether oxygens (including phenoxy) is 2. The molecule has 0 bridgehead atoms. The molecule has 2 N–H and O–H groups in total. The molecule has 148 valence electrons. The van der Waals surface area contributed by atoms with Crippen molar-refractivity contribution in [2.75, 3.05) is 23.8 Å². The van der Waals surface area contributed by atoms with Crippen LogP contribution in [0.2, 0.25) is 0 Å². The molecule has 0 saturated heterocycles. The molecule has 2 aromatic rings. The summed E-state index contributed by atoms with van der Waals surface area (Å²) >= 11 is 0.